The third-order valence-electron chi connectivity index (χ3n) is 3.71. The van der Waals surface area contributed by atoms with E-state index in [2.05, 4.69) is 23.6 Å². The van der Waals surface area contributed by atoms with Crippen LogP contribution in [0.4, 0.5) is 0 Å². The average molecular weight is 280 g/mol. The van der Waals surface area contributed by atoms with Crippen molar-refractivity contribution in [3.8, 4) is 0 Å². The Bertz CT molecular complexity index is 460. The van der Waals surface area contributed by atoms with Gasteiger partial charge in [-0.25, -0.2) is 4.79 Å². The Morgan fingerprint density at radius 2 is 1.90 bits per heavy atom. The van der Waals surface area contributed by atoms with Crippen LogP contribution in [-0.2, 0) is 6.54 Å². The summed E-state index contributed by atoms with van der Waals surface area (Å²) >= 11 is 0. The molecular weight excluding hydrogens is 256 g/mol. The number of furan rings is 1. The van der Waals surface area contributed by atoms with Gasteiger partial charge in [0.05, 0.1) is 0 Å². The number of carboxylic acid groups (broad SMARTS) is 1. The van der Waals surface area contributed by atoms with Gasteiger partial charge in [0, 0.05) is 44.8 Å². The first-order valence-electron chi connectivity index (χ1n) is 7.23. The molecule has 0 saturated carbocycles. The zero-order chi connectivity index (χ0) is 14.7. The number of aryl methyl sites for hydroxylation is 1. The molecule has 0 bridgehead atoms. The number of carboxylic acids is 1. The van der Waals surface area contributed by atoms with E-state index in [0.717, 1.165) is 44.8 Å². The van der Waals surface area contributed by atoms with Gasteiger partial charge >= 0.3 is 5.97 Å². The first-order chi connectivity index (χ1) is 9.45. The molecule has 1 aromatic rings. The predicted octanol–water partition coefficient (Wildman–Crippen LogP) is 2.06. The lowest BCUT2D eigenvalue weighted by atomic mass is 10.1. The van der Waals surface area contributed by atoms with Crippen molar-refractivity contribution in [2.45, 2.75) is 27.3 Å². The van der Waals surface area contributed by atoms with E-state index in [-0.39, 0.29) is 5.76 Å². The van der Waals surface area contributed by atoms with Crippen LogP contribution >= 0.6 is 0 Å². The van der Waals surface area contributed by atoms with Crippen molar-refractivity contribution in [2.75, 3.05) is 32.7 Å². The van der Waals surface area contributed by atoms with Gasteiger partial charge in [0.1, 0.15) is 5.76 Å². The molecule has 112 valence electrons. The van der Waals surface area contributed by atoms with Crippen molar-refractivity contribution in [1.82, 2.24) is 9.80 Å². The van der Waals surface area contributed by atoms with E-state index < -0.39 is 5.97 Å². The van der Waals surface area contributed by atoms with E-state index >= 15 is 0 Å². The lowest BCUT2D eigenvalue weighted by Crippen LogP contribution is -2.46. The number of hydrogen-bond donors (Lipinski definition) is 1. The monoisotopic (exact) mass is 280 g/mol. The van der Waals surface area contributed by atoms with Crippen LogP contribution in [-0.4, -0.2) is 53.6 Å². The Hall–Kier alpha value is -1.33. The second-order valence-electron chi connectivity index (χ2n) is 5.97. The van der Waals surface area contributed by atoms with Gasteiger partial charge < -0.3 is 14.4 Å². The number of piperazine rings is 1. The highest BCUT2D eigenvalue weighted by Gasteiger charge is 2.20. The average Bonchev–Trinajstić information content (AvgIpc) is 2.73. The maximum absolute atomic E-state index is 10.9. The molecule has 0 aromatic carbocycles. The van der Waals surface area contributed by atoms with Crippen LogP contribution < -0.4 is 0 Å². The Labute approximate surface area is 120 Å². The minimum absolute atomic E-state index is 0.0379. The first kappa shape index (κ1) is 15.1. The fourth-order valence-electron chi connectivity index (χ4n) is 2.67. The fraction of sp³-hybridized carbons (Fsp3) is 0.667. The van der Waals surface area contributed by atoms with Crippen molar-refractivity contribution >= 4 is 5.97 Å². The molecule has 0 amide bonds. The summed E-state index contributed by atoms with van der Waals surface area (Å²) in [5.41, 5.74) is 0.986. The van der Waals surface area contributed by atoms with E-state index in [0.29, 0.717) is 11.7 Å². The highest BCUT2D eigenvalue weighted by molar-refractivity contribution is 5.84. The summed E-state index contributed by atoms with van der Waals surface area (Å²) in [5.74, 6) is 0.458. The van der Waals surface area contributed by atoms with E-state index in [1.165, 1.54) is 0 Å². The molecule has 0 unspecified atom stereocenters. The molecular formula is C15H24N2O3. The molecule has 0 atom stereocenters. The number of rotatable bonds is 5. The molecule has 1 N–H and O–H groups in total. The molecule has 2 heterocycles. The van der Waals surface area contributed by atoms with E-state index in [4.69, 9.17) is 9.52 Å². The van der Waals surface area contributed by atoms with Gasteiger partial charge in [0.25, 0.3) is 0 Å². The van der Waals surface area contributed by atoms with Crippen LogP contribution in [0.25, 0.3) is 0 Å². The fourth-order valence-corrected chi connectivity index (χ4v) is 2.67. The van der Waals surface area contributed by atoms with Crippen LogP contribution in [0.5, 0.6) is 0 Å². The lowest BCUT2D eigenvalue weighted by molar-refractivity contribution is 0.0661. The molecule has 1 aliphatic rings. The lowest BCUT2D eigenvalue weighted by Gasteiger charge is -2.35. The largest absolute Gasteiger partial charge is 0.475 e. The van der Waals surface area contributed by atoms with E-state index in [1.807, 2.05) is 6.92 Å². The maximum Gasteiger partial charge on any atom is 0.371 e. The van der Waals surface area contributed by atoms with Gasteiger partial charge in [0.15, 0.2) is 0 Å². The summed E-state index contributed by atoms with van der Waals surface area (Å²) in [4.78, 5) is 15.7. The highest BCUT2D eigenvalue weighted by Crippen LogP contribution is 2.18. The topological polar surface area (TPSA) is 56.9 Å². The van der Waals surface area contributed by atoms with Gasteiger partial charge in [-0.15, -0.1) is 0 Å². The van der Waals surface area contributed by atoms with Gasteiger partial charge in [0.2, 0.25) is 5.76 Å². The van der Waals surface area contributed by atoms with Crippen molar-refractivity contribution in [2.24, 2.45) is 5.92 Å². The molecule has 1 aliphatic heterocycles. The van der Waals surface area contributed by atoms with Crippen LogP contribution in [0.15, 0.2) is 10.5 Å². The molecule has 1 saturated heterocycles. The summed E-state index contributed by atoms with van der Waals surface area (Å²) in [6.45, 7) is 12.5. The molecule has 5 heteroatoms. The standard InChI is InChI=1S/C15H24N2O3/c1-11(2)9-16-4-6-17(7-5-16)10-13-8-14(15(18)19)20-12(13)3/h8,11H,4-7,9-10H2,1-3H3,(H,18,19). The minimum Gasteiger partial charge on any atom is -0.475 e. The second kappa shape index (κ2) is 6.41. The number of carbonyl (C=O) groups is 1. The van der Waals surface area contributed by atoms with E-state index in [9.17, 15) is 4.79 Å². The molecule has 0 radical (unpaired) electrons. The highest BCUT2D eigenvalue weighted by atomic mass is 16.4. The quantitative estimate of drug-likeness (QED) is 0.894. The summed E-state index contributed by atoms with van der Waals surface area (Å²) in [6, 6.07) is 1.65. The summed E-state index contributed by atoms with van der Waals surface area (Å²) < 4.78 is 5.25. The van der Waals surface area contributed by atoms with Gasteiger partial charge in [-0.2, -0.15) is 0 Å². The second-order valence-corrected chi connectivity index (χ2v) is 5.97. The SMILES string of the molecule is Cc1oc(C(=O)O)cc1CN1CCN(CC(C)C)CC1. The van der Waals surface area contributed by atoms with Crippen LogP contribution in [0.1, 0.15) is 35.7 Å². The molecule has 1 aromatic heterocycles. The first-order valence-corrected chi connectivity index (χ1v) is 7.23. The molecule has 5 nitrogen and oxygen atoms in total. The van der Waals surface area contributed by atoms with Crippen LogP contribution in [0, 0.1) is 12.8 Å². The van der Waals surface area contributed by atoms with Gasteiger partial charge in [-0.3, -0.25) is 4.90 Å². The number of hydrogen-bond acceptors (Lipinski definition) is 4. The number of nitrogens with zero attached hydrogens (tertiary/aromatic N) is 2. The predicted molar refractivity (Wildman–Crippen MR) is 77.0 cm³/mol. The van der Waals surface area contributed by atoms with Gasteiger partial charge in [-0.05, 0) is 18.9 Å². The smallest absolute Gasteiger partial charge is 0.371 e. The molecule has 20 heavy (non-hydrogen) atoms. The van der Waals surface area contributed by atoms with Gasteiger partial charge in [-0.1, -0.05) is 13.8 Å². The molecule has 0 spiro atoms. The van der Waals surface area contributed by atoms with Crippen molar-refractivity contribution in [1.29, 1.82) is 0 Å². The third kappa shape index (κ3) is 3.84. The molecule has 1 fully saturated rings. The van der Waals surface area contributed by atoms with Crippen molar-refractivity contribution in [3.63, 3.8) is 0 Å². The zero-order valence-electron chi connectivity index (χ0n) is 12.6. The number of aromatic carboxylic acids is 1. The normalized spacial score (nSPS) is 17.8. The summed E-state index contributed by atoms with van der Waals surface area (Å²) in [6.07, 6.45) is 0. The Kier molecular flexibility index (Phi) is 4.83. The Morgan fingerprint density at radius 1 is 1.30 bits per heavy atom. The zero-order valence-corrected chi connectivity index (χ0v) is 12.6. The minimum atomic E-state index is -0.999. The van der Waals surface area contributed by atoms with Crippen LogP contribution in [0.2, 0.25) is 0 Å². The Balaban J connectivity index is 1.88. The summed E-state index contributed by atoms with van der Waals surface area (Å²) in [7, 11) is 0. The maximum atomic E-state index is 10.9. The molecule has 2 rings (SSSR count). The van der Waals surface area contributed by atoms with Crippen molar-refractivity contribution in [3.05, 3.63) is 23.2 Å². The van der Waals surface area contributed by atoms with Crippen LogP contribution in [0.3, 0.4) is 0 Å². The van der Waals surface area contributed by atoms with E-state index in [1.54, 1.807) is 6.07 Å². The Morgan fingerprint density at radius 3 is 2.40 bits per heavy atom. The van der Waals surface area contributed by atoms with Crippen molar-refractivity contribution < 1.29 is 14.3 Å². The molecule has 0 aliphatic carbocycles. The summed E-state index contributed by atoms with van der Waals surface area (Å²) in [5, 5.41) is 8.93. The third-order valence-corrected chi connectivity index (χ3v) is 3.71.